The minimum absolute atomic E-state index is 0.389. The zero-order chi connectivity index (χ0) is 25.3. The molecule has 0 amide bonds. The van der Waals surface area contributed by atoms with Crippen molar-refractivity contribution in [2.45, 2.75) is 18.8 Å². The average molecular weight is 457 g/mol. The summed E-state index contributed by atoms with van der Waals surface area (Å²) in [5.74, 6) is 0. The van der Waals surface area contributed by atoms with Crippen molar-refractivity contribution in [3.63, 3.8) is 0 Å². The summed E-state index contributed by atoms with van der Waals surface area (Å²) in [6.07, 6.45) is 17.3. The van der Waals surface area contributed by atoms with Crippen molar-refractivity contribution in [2.75, 3.05) is 0 Å². The highest BCUT2D eigenvalue weighted by Gasteiger charge is 2.38. The van der Waals surface area contributed by atoms with E-state index in [4.69, 9.17) is 0 Å². The minimum Gasteiger partial charge on any atom is -0.298 e. The first kappa shape index (κ1) is 25.4. The maximum absolute atomic E-state index is 11.1. The lowest BCUT2D eigenvalue weighted by atomic mass is 9.64. The molecule has 0 aromatic heterocycles. The molecule has 0 unspecified atom stereocenters. The van der Waals surface area contributed by atoms with Crippen molar-refractivity contribution in [3.05, 3.63) is 180 Å². The summed E-state index contributed by atoms with van der Waals surface area (Å²) >= 11 is 0. The molecule has 1 heteroatoms. The Morgan fingerprint density at radius 2 is 1.51 bits per heavy atom. The molecule has 0 saturated heterocycles. The molecule has 0 radical (unpaired) electrons. The molecule has 0 saturated carbocycles. The Balaban J connectivity index is 2.43. The van der Waals surface area contributed by atoms with Crippen LogP contribution in [0.4, 0.5) is 0 Å². The lowest BCUT2D eigenvalue weighted by Gasteiger charge is -2.38. The largest absolute Gasteiger partial charge is 0.298 e. The van der Waals surface area contributed by atoms with Crippen LogP contribution in [0.1, 0.15) is 24.5 Å². The lowest BCUT2D eigenvalue weighted by molar-refractivity contribution is -0.104. The molecule has 0 spiro atoms. The average Bonchev–Trinajstić information content (AvgIpc) is 2.97. The second-order valence-electron chi connectivity index (χ2n) is 8.40. The molecule has 0 fully saturated rings. The molecular weight excluding hydrogens is 424 g/mol. The number of benzene rings is 2. The molecule has 1 aliphatic carbocycles. The van der Waals surface area contributed by atoms with Gasteiger partial charge in [-0.3, -0.25) is 4.79 Å². The number of hydrogen-bond donors (Lipinski definition) is 0. The summed E-state index contributed by atoms with van der Waals surface area (Å²) in [5.41, 5.74) is 6.81. The first-order chi connectivity index (χ1) is 17.0. The van der Waals surface area contributed by atoms with E-state index in [-0.39, 0.29) is 0 Å². The lowest BCUT2D eigenvalue weighted by Crippen LogP contribution is -2.31. The summed E-state index contributed by atoms with van der Waals surface area (Å²) < 4.78 is 0. The van der Waals surface area contributed by atoms with Gasteiger partial charge in [-0.05, 0) is 52.3 Å². The number of hydrogen-bond acceptors (Lipinski definition) is 1. The zero-order valence-corrected chi connectivity index (χ0v) is 20.4. The van der Waals surface area contributed by atoms with Gasteiger partial charge in [0, 0.05) is 11.0 Å². The molecule has 0 heterocycles. The number of carbonyl (C=O) groups is 1. The van der Waals surface area contributed by atoms with Gasteiger partial charge in [-0.15, -0.1) is 0 Å². The minimum atomic E-state index is -0.504. The molecule has 174 valence electrons. The van der Waals surface area contributed by atoms with Gasteiger partial charge in [0.05, 0.1) is 0 Å². The molecule has 2 aromatic rings. The SMILES string of the molecule is C=C/C1=C(\C(=C/C)C(=C)/C=C\C(=C)C=O)C(=C)/C=C\C=C/CC1(c1ccccc1)c1ccccc1. The van der Waals surface area contributed by atoms with Gasteiger partial charge in [-0.25, -0.2) is 0 Å². The van der Waals surface area contributed by atoms with E-state index in [0.29, 0.717) is 5.57 Å². The van der Waals surface area contributed by atoms with E-state index < -0.39 is 5.41 Å². The monoisotopic (exact) mass is 456 g/mol. The van der Waals surface area contributed by atoms with Gasteiger partial charge in [0.2, 0.25) is 0 Å². The maximum Gasteiger partial charge on any atom is 0.149 e. The van der Waals surface area contributed by atoms with E-state index in [0.717, 1.165) is 40.6 Å². The second kappa shape index (κ2) is 11.8. The van der Waals surface area contributed by atoms with Gasteiger partial charge in [0.15, 0.2) is 0 Å². The smallest absolute Gasteiger partial charge is 0.149 e. The Bertz CT molecular complexity index is 1240. The van der Waals surface area contributed by atoms with E-state index in [1.807, 2.05) is 49.4 Å². The highest BCUT2D eigenvalue weighted by atomic mass is 16.1. The van der Waals surface area contributed by atoms with Crippen LogP contribution in [0, 0.1) is 0 Å². The van der Waals surface area contributed by atoms with Crippen LogP contribution in [0.2, 0.25) is 0 Å². The highest BCUT2D eigenvalue weighted by molar-refractivity contribution is 5.77. The van der Waals surface area contributed by atoms with Crippen LogP contribution in [-0.2, 0) is 10.2 Å². The predicted octanol–water partition coefficient (Wildman–Crippen LogP) is 8.34. The first-order valence-electron chi connectivity index (χ1n) is 11.7. The molecule has 3 rings (SSSR count). The summed E-state index contributed by atoms with van der Waals surface area (Å²) in [5, 5.41) is 0. The quantitative estimate of drug-likeness (QED) is 0.222. The maximum atomic E-state index is 11.1. The molecule has 0 aliphatic heterocycles. The molecule has 35 heavy (non-hydrogen) atoms. The standard InChI is InChI=1S/C34H32O/c1-6-31(27(4)23-22-26(3)25-35)33-28(5)17-11-10-16-24-34(32(33)7-2,29-18-12-8-13-19-29)30-20-14-9-15-21-30/h6-23,25H,2-5,24H2,1H3/b16-10-,17-11-,23-22-,31-6-,33-32+. The molecule has 1 nitrogen and oxygen atoms in total. The summed E-state index contributed by atoms with van der Waals surface area (Å²) in [4.78, 5) is 11.1. The van der Waals surface area contributed by atoms with E-state index in [1.165, 1.54) is 11.1 Å². The van der Waals surface area contributed by atoms with Gasteiger partial charge >= 0.3 is 0 Å². The number of allylic oxidation sites excluding steroid dienone is 14. The van der Waals surface area contributed by atoms with Crippen molar-refractivity contribution < 1.29 is 4.79 Å². The fraction of sp³-hybridized carbons (Fsp3) is 0.0882. The molecule has 1 aliphatic rings. The van der Waals surface area contributed by atoms with Crippen molar-refractivity contribution in [2.24, 2.45) is 0 Å². The van der Waals surface area contributed by atoms with Gasteiger partial charge in [0.1, 0.15) is 6.29 Å². The molecule has 0 N–H and O–H groups in total. The Kier molecular flexibility index (Phi) is 8.53. The van der Waals surface area contributed by atoms with Gasteiger partial charge in [0.25, 0.3) is 0 Å². The Labute approximate surface area is 209 Å². The normalized spacial score (nSPS) is 19.8. The Morgan fingerprint density at radius 3 is 2.03 bits per heavy atom. The summed E-state index contributed by atoms with van der Waals surface area (Å²) in [6, 6.07) is 21.1. The van der Waals surface area contributed by atoms with Crippen LogP contribution < -0.4 is 0 Å². The fourth-order valence-electron chi connectivity index (χ4n) is 4.65. The van der Waals surface area contributed by atoms with Crippen molar-refractivity contribution in [1.82, 2.24) is 0 Å². The third kappa shape index (κ3) is 5.31. The Hall–Kier alpha value is -4.23. The topological polar surface area (TPSA) is 17.1 Å². The van der Waals surface area contributed by atoms with Crippen LogP contribution >= 0.6 is 0 Å². The van der Waals surface area contributed by atoms with Gasteiger partial charge < -0.3 is 0 Å². The van der Waals surface area contributed by atoms with Gasteiger partial charge in [-0.1, -0.05) is 136 Å². The zero-order valence-electron chi connectivity index (χ0n) is 20.4. The third-order valence-electron chi connectivity index (χ3n) is 6.31. The van der Waals surface area contributed by atoms with Crippen molar-refractivity contribution in [3.8, 4) is 0 Å². The van der Waals surface area contributed by atoms with E-state index in [1.54, 1.807) is 6.08 Å². The van der Waals surface area contributed by atoms with E-state index >= 15 is 0 Å². The number of aldehydes is 1. The van der Waals surface area contributed by atoms with Crippen molar-refractivity contribution in [1.29, 1.82) is 0 Å². The predicted molar refractivity (Wildman–Crippen MR) is 150 cm³/mol. The Morgan fingerprint density at radius 1 is 0.914 bits per heavy atom. The van der Waals surface area contributed by atoms with Crippen LogP contribution in [0.15, 0.2) is 169 Å². The van der Waals surface area contributed by atoms with Crippen LogP contribution in [-0.4, -0.2) is 6.29 Å². The first-order valence-corrected chi connectivity index (χ1v) is 11.7. The van der Waals surface area contributed by atoms with Crippen molar-refractivity contribution >= 4 is 6.29 Å². The molecular formula is C34H32O. The highest BCUT2D eigenvalue weighted by Crippen LogP contribution is 2.47. The van der Waals surface area contributed by atoms with Crippen LogP contribution in [0.3, 0.4) is 0 Å². The fourth-order valence-corrected chi connectivity index (χ4v) is 4.65. The third-order valence-corrected chi connectivity index (χ3v) is 6.31. The van der Waals surface area contributed by atoms with Gasteiger partial charge in [-0.2, -0.15) is 0 Å². The molecule has 0 bridgehead atoms. The summed E-state index contributed by atoms with van der Waals surface area (Å²) in [6.45, 7) is 18.8. The second-order valence-corrected chi connectivity index (χ2v) is 8.40. The van der Waals surface area contributed by atoms with E-state index in [2.05, 4.69) is 87.0 Å². The molecule has 0 atom stereocenters. The van der Waals surface area contributed by atoms with Crippen LogP contribution in [0.5, 0.6) is 0 Å². The van der Waals surface area contributed by atoms with E-state index in [9.17, 15) is 4.79 Å². The number of rotatable bonds is 8. The number of carbonyl (C=O) groups excluding carboxylic acids is 1. The molecule has 2 aromatic carbocycles. The van der Waals surface area contributed by atoms with Crippen LogP contribution in [0.25, 0.3) is 0 Å². The summed E-state index contributed by atoms with van der Waals surface area (Å²) in [7, 11) is 0.